The summed E-state index contributed by atoms with van der Waals surface area (Å²) in [5.41, 5.74) is 2.53. The summed E-state index contributed by atoms with van der Waals surface area (Å²) in [6.07, 6.45) is 0. The average Bonchev–Trinajstić information content (AvgIpc) is 2.55. The number of carbonyl (C=O) groups is 2. The number of carboxylic acid groups (broad SMARTS) is 1. The van der Waals surface area contributed by atoms with E-state index in [1.165, 1.54) is 7.11 Å². The van der Waals surface area contributed by atoms with Gasteiger partial charge in [-0.05, 0) is 24.3 Å². The number of amides is 1. The molecule has 0 aliphatic rings. The molecule has 1 N–H and O–H groups in total. The topological polar surface area (TPSA) is 90.8 Å². The van der Waals surface area contributed by atoms with Crippen LogP contribution in [-0.2, 0) is 4.79 Å². The third-order valence-corrected chi connectivity index (χ3v) is 2.86. The molecule has 0 fully saturated rings. The molecule has 0 saturated carbocycles. The van der Waals surface area contributed by atoms with E-state index < -0.39 is 11.9 Å². The SMILES string of the molecule is COc1ccc(C(=O)N/N=C(\C(=O)[O-])c2ccccc2)cc1. The molecular formula is C16H13N2O4-. The van der Waals surface area contributed by atoms with E-state index in [2.05, 4.69) is 10.5 Å². The highest BCUT2D eigenvalue weighted by Gasteiger charge is 2.08. The number of hydrogen-bond donors (Lipinski definition) is 1. The van der Waals surface area contributed by atoms with Gasteiger partial charge in [0, 0.05) is 11.1 Å². The van der Waals surface area contributed by atoms with Crippen LogP contribution in [0.15, 0.2) is 59.7 Å². The van der Waals surface area contributed by atoms with E-state index in [-0.39, 0.29) is 5.71 Å². The van der Waals surface area contributed by atoms with Crippen molar-refractivity contribution in [2.45, 2.75) is 0 Å². The first-order chi connectivity index (χ1) is 10.6. The molecule has 1 amide bonds. The molecule has 2 rings (SSSR count). The van der Waals surface area contributed by atoms with Crippen LogP contribution in [0.3, 0.4) is 0 Å². The maximum atomic E-state index is 11.9. The van der Waals surface area contributed by atoms with Gasteiger partial charge in [0.1, 0.15) is 11.5 Å². The first-order valence-corrected chi connectivity index (χ1v) is 6.40. The van der Waals surface area contributed by atoms with Gasteiger partial charge >= 0.3 is 0 Å². The van der Waals surface area contributed by atoms with E-state index in [4.69, 9.17) is 4.74 Å². The minimum Gasteiger partial charge on any atom is -0.543 e. The Kier molecular flexibility index (Phi) is 4.87. The number of carboxylic acids is 1. The van der Waals surface area contributed by atoms with Gasteiger partial charge in [-0.2, -0.15) is 5.10 Å². The number of ether oxygens (including phenoxy) is 1. The van der Waals surface area contributed by atoms with Gasteiger partial charge in [0.05, 0.1) is 13.1 Å². The van der Waals surface area contributed by atoms with Crippen LogP contribution in [0.1, 0.15) is 15.9 Å². The van der Waals surface area contributed by atoms with Crippen molar-refractivity contribution in [1.29, 1.82) is 0 Å². The lowest BCUT2D eigenvalue weighted by Crippen LogP contribution is -2.34. The third-order valence-electron chi connectivity index (χ3n) is 2.86. The third kappa shape index (κ3) is 3.69. The molecule has 0 aliphatic heterocycles. The molecule has 6 heteroatoms. The first kappa shape index (κ1) is 15.2. The van der Waals surface area contributed by atoms with Crippen molar-refractivity contribution in [3.8, 4) is 5.75 Å². The molecule has 0 atom stereocenters. The zero-order valence-corrected chi connectivity index (χ0v) is 11.8. The van der Waals surface area contributed by atoms with Gasteiger partial charge in [0.15, 0.2) is 0 Å². The van der Waals surface area contributed by atoms with Crippen LogP contribution in [0.2, 0.25) is 0 Å². The number of hydrazone groups is 1. The van der Waals surface area contributed by atoms with Crippen LogP contribution < -0.4 is 15.3 Å². The van der Waals surface area contributed by atoms with Crippen molar-refractivity contribution in [1.82, 2.24) is 5.43 Å². The summed E-state index contributed by atoms with van der Waals surface area (Å²) in [6, 6.07) is 14.5. The Morgan fingerprint density at radius 3 is 2.18 bits per heavy atom. The molecule has 0 heterocycles. The maximum Gasteiger partial charge on any atom is 0.271 e. The molecule has 0 bridgehead atoms. The lowest BCUT2D eigenvalue weighted by atomic mass is 10.1. The zero-order chi connectivity index (χ0) is 15.9. The molecule has 6 nitrogen and oxygen atoms in total. The summed E-state index contributed by atoms with van der Waals surface area (Å²) in [5, 5.41) is 14.8. The lowest BCUT2D eigenvalue weighted by molar-refractivity contribution is -0.294. The number of methoxy groups -OCH3 is 1. The van der Waals surface area contributed by atoms with Crippen LogP contribution in [0.25, 0.3) is 0 Å². The summed E-state index contributed by atoms with van der Waals surface area (Å²) in [5.74, 6) is -1.39. The molecule has 0 unspecified atom stereocenters. The minimum atomic E-state index is -1.47. The lowest BCUT2D eigenvalue weighted by Gasteiger charge is -2.08. The number of nitrogens with one attached hydrogen (secondary N) is 1. The van der Waals surface area contributed by atoms with Gasteiger partial charge in [-0.15, -0.1) is 0 Å². The van der Waals surface area contributed by atoms with Crippen LogP contribution in [-0.4, -0.2) is 24.7 Å². The standard InChI is InChI=1S/C16H14N2O4/c1-22-13-9-7-12(8-10-13)15(19)18-17-14(16(20)21)11-5-3-2-4-6-11/h2-10H,1H3,(H,18,19)(H,20,21)/p-1/b17-14-. The van der Waals surface area contributed by atoms with Crippen LogP contribution in [0.5, 0.6) is 5.75 Å². The molecule has 2 aromatic rings. The molecule has 2 aromatic carbocycles. The van der Waals surface area contributed by atoms with Crippen LogP contribution >= 0.6 is 0 Å². The van der Waals surface area contributed by atoms with E-state index in [1.54, 1.807) is 54.6 Å². The molecular weight excluding hydrogens is 284 g/mol. The van der Waals surface area contributed by atoms with E-state index in [9.17, 15) is 14.7 Å². The summed E-state index contributed by atoms with van der Waals surface area (Å²) in [4.78, 5) is 23.1. The van der Waals surface area contributed by atoms with Gasteiger partial charge in [-0.25, -0.2) is 5.43 Å². The highest BCUT2D eigenvalue weighted by molar-refractivity contribution is 6.41. The molecule has 0 aliphatic carbocycles. The number of nitrogens with zero attached hydrogens (tertiary/aromatic N) is 1. The molecule has 0 saturated heterocycles. The largest absolute Gasteiger partial charge is 0.543 e. The van der Waals surface area contributed by atoms with Gasteiger partial charge in [-0.3, -0.25) is 4.79 Å². The van der Waals surface area contributed by atoms with Crippen LogP contribution in [0, 0.1) is 0 Å². The smallest absolute Gasteiger partial charge is 0.271 e. The second kappa shape index (κ2) is 7.03. The fourth-order valence-corrected chi connectivity index (χ4v) is 1.74. The Hall–Kier alpha value is -3.15. The highest BCUT2D eigenvalue weighted by Crippen LogP contribution is 2.11. The van der Waals surface area contributed by atoms with Crippen molar-refractivity contribution in [3.63, 3.8) is 0 Å². The van der Waals surface area contributed by atoms with Gasteiger partial charge < -0.3 is 14.6 Å². The average molecular weight is 297 g/mol. The Morgan fingerprint density at radius 2 is 1.64 bits per heavy atom. The van der Waals surface area contributed by atoms with Crippen LogP contribution in [0.4, 0.5) is 0 Å². The van der Waals surface area contributed by atoms with Gasteiger partial charge in [0.2, 0.25) is 0 Å². The van der Waals surface area contributed by atoms with Crippen molar-refractivity contribution in [3.05, 3.63) is 65.7 Å². The molecule has 112 valence electrons. The Morgan fingerprint density at radius 1 is 1.00 bits per heavy atom. The zero-order valence-electron chi connectivity index (χ0n) is 11.8. The molecule has 0 radical (unpaired) electrons. The fourth-order valence-electron chi connectivity index (χ4n) is 1.74. The van der Waals surface area contributed by atoms with Crippen molar-refractivity contribution >= 4 is 17.6 Å². The predicted molar refractivity (Wildman–Crippen MR) is 78.4 cm³/mol. The molecule has 22 heavy (non-hydrogen) atoms. The predicted octanol–water partition coefficient (Wildman–Crippen LogP) is 0.579. The highest BCUT2D eigenvalue weighted by atomic mass is 16.5. The summed E-state index contributed by atoms with van der Waals surface area (Å²) in [6.45, 7) is 0. The minimum absolute atomic E-state index is 0.329. The Bertz CT molecular complexity index is 694. The summed E-state index contributed by atoms with van der Waals surface area (Å²) in [7, 11) is 1.52. The number of aliphatic carboxylic acids is 1. The fraction of sp³-hybridized carbons (Fsp3) is 0.0625. The first-order valence-electron chi connectivity index (χ1n) is 6.40. The summed E-state index contributed by atoms with van der Waals surface area (Å²) >= 11 is 0. The van der Waals surface area contributed by atoms with Crippen molar-refractivity contribution < 1.29 is 19.4 Å². The van der Waals surface area contributed by atoms with E-state index in [0.29, 0.717) is 16.9 Å². The second-order valence-corrected chi connectivity index (χ2v) is 4.28. The van der Waals surface area contributed by atoms with Gasteiger partial charge in [0.25, 0.3) is 5.91 Å². The second-order valence-electron chi connectivity index (χ2n) is 4.28. The van der Waals surface area contributed by atoms with Gasteiger partial charge in [-0.1, -0.05) is 30.3 Å². The normalized spacial score (nSPS) is 10.9. The van der Waals surface area contributed by atoms with Crippen molar-refractivity contribution in [2.75, 3.05) is 7.11 Å². The molecule has 0 spiro atoms. The van der Waals surface area contributed by atoms with E-state index in [1.807, 2.05) is 0 Å². The maximum absolute atomic E-state index is 11.9. The summed E-state index contributed by atoms with van der Waals surface area (Å²) < 4.78 is 4.99. The monoisotopic (exact) mass is 297 g/mol. The molecule has 0 aromatic heterocycles. The Balaban J connectivity index is 2.16. The quantitative estimate of drug-likeness (QED) is 0.645. The number of carbonyl (C=O) groups excluding carboxylic acids is 2. The van der Waals surface area contributed by atoms with E-state index in [0.717, 1.165) is 0 Å². The van der Waals surface area contributed by atoms with Crippen molar-refractivity contribution in [2.24, 2.45) is 5.10 Å². The Labute approximate surface area is 127 Å². The number of rotatable bonds is 5. The van der Waals surface area contributed by atoms with E-state index >= 15 is 0 Å². The number of benzene rings is 2. The number of hydrogen-bond acceptors (Lipinski definition) is 5.